The summed E-state index contributed by atoms with van der Waals surface area (Å²) in [6.45, 7) is 9.19. The molecule has 0 saturated carbocycles. The van der Waals surface area contributed by atoms with Crippen molar-refractivity contribution in [3.05, 3.63) is 83.0 Å². The molecule has 4 nitrogen and oxygen atoms in total. The Bertz CT molecular complexity index is 934. The molecular weight excluding hydrogens is 332 g/mol. The summed E-state index contributed by atoms with van der Waals surface area (Å²) in [6.07, 6.45) is 0. The normalized spacial score (nSPS) is 15.3. The van der Waals surface area contributed by atoms with Gasteiger partial charge >= 0.3 is 0 Å². The zero-order valence-electron chi connectivity index (χ0n) is 16.2. The van der Waals surface area contributed by atoms with Gasteiger partial charge in [0.25, 0.3) is 0 Å². The average molecular weight is 358 g/mol. The van der Waals surface area contributed by atoms with E-state index in [9.17, 15) is 0 Å². The van der Waals surface area contributed by atoms with E-state index in [-0.39, 0.29) is 5.41 Å². The molecule has 0 spiro atoms. The molecule has 0 saturated heterocycles. The van der Waals surface area contributed by atoms with E-state index in [1.54, 1.807) is 0 Å². The van der Waals surface area contributed by atoms with Crippen LogP contribution in [0, 0.1) is 6.92 Å². The fourth-order valence-corrected chi connectivity index (χ4v) is 3.87. The summed E-state index contributed by atoms with van der Waals surface area (Å²) in [5, 5.41) is 3.37. The number of anilines is 2. The molecule has 1 aliphatic rings. The monoisotopic (exact) mass is 358 g/mol. The Kier molecular flexibility index (Phi) is 4.56. The predicted molar refractivity (Wildman–Crippen MR) is 111 cm³/mol. The predicted octanol–water partition coefficient (Wildman–Crippen LogP) is 4.69. The average Bonchev–Trinajstić information content (AvgIpc) is 2.66. The maximum atomic E-state index is 4.81. The second-order valence-electron chi connectivity index (χ2n) is 7.93. The van der Waals surface area contributed by atoms with Gasteiger partial charge in [-0.2, -0.15) is 4.98 Å². The highest BCUT2D eigenvalue weighted by atomic mass is 15.2. The maximum Gasteiger partial charge on any atom is 0.225 e. The van der Waals surface area contributed by atoms with Crippen LogP contribution in [0.4, 0.5) is 11.8 Å². The van der Waals surface area contributed by atoms with E-state index in [1.165, 1.54) is 16.7 Å². The Labute approximate surface area is 161 Å². The van der Waals surface area contributed by atoms with Crippen molar-refractivity contribution in [3.63, 3.8) is 0 Å². The first-order valence-electron chi connectivity index (χ1n) is 9.48. The van der Waals surface area contributed by atoms with Crippen molar-refractivity contribution in [2.45, 2.75) is 39.3 Å². The van der Waals surface area contributed by atoms with Gasteiger partial charge in [0.1, 0.15) is 5.82 Å². The van der Waals surface area contributed by atoms with E-state index < -0.39 is 0 Å². The molecule has 0 bridgehead atoms. The molecule has 2 aromatic carbocycles. The van der Waals surface area contributed by atoms with E-state index in [1.807, 2.05) is 25.1 Å². The molecule has 0 radical (unpaired) electrons. The summed E-state index contributed by atoms with van der Waals surface area (Å²) in [5.41, 5.74) is 5.10. The van der Waals surface area contributed by atoms with Gasteiger partial charge in [0.05, 0.1) is 0 Å². The Balaban J connectivity index is 1.58. The van der Waals surface area contributed by atoms with Gasteiger partial charge in [-0.25, -0.2) is 4.98 Å². The summed E-state index contributed by atoms with van der Waals surface area (Å²) in [7, 11) is 0. The van der Waals surface area contributed by atoms with E-state index in [2.05, 4.69) is 71.5 Å². The lowest BCUT2D eigenvalue weighted by atomic mass is 9.78. The van der Waals surface area contributed by atoms with E-state index >= 15 is 0 Å². The minimum absolute atomic E-state index is 0.0886. The number of aromatic nitrogens is 2. The molecule has 0 amide bonds. The number of rotatable bonds is 4. The van der Waals surface area contributed by atoms with Crippen LogP contribution in [0.2, 0.25) is 0 Å². The molecule has 1 N–H and O–H groups in total. The number of nitrogens with zero attached hydrogens (tertiary/aromatic N) is 3. The van der Waals surface area contributed by atoms with Gasteiger partial charge in [0, 0.05) is 36.8 Å². The van der Waals surface area contributed by atoms with E-state index in [4.69, 9.17) is 4.98 Å². The van der Waals surface area contributed by atoms with Crippen LogP contribution in [0.1, 0.15) is 36.2 Å². The standard InChI is InChI=1S/C23H26N4/c1-17-13-21(26-22(25-17)24-14-18-9-5-4-6-10-18)27-15-19-11-7-8-12-20(19)23(2,3)16-27/h4-13H,14-16H2,1-3H3,(H,24,25,26). The number of nitrogens with one attached hydrogen (secondary N) is 1. The first-order chi connectivity index (χ1) is 13.0. The largest absolute Gasteiger partial charge is 0.351 e. The van der Waals surface area contributed by atoms with Crippen LogP contribution in [0.5, 0.6) is 0 Å². The highest BCUT2D eigenvalue weighted by Crippen LogP contribution is 2.35. The van der Waals surface area contributed by atoms with Crippen LogP contribution in [0.3, 0.4) is 0 Å². The Hall–Kier alpha value is -2.88. The molecule has 4 rings (SSSR count). The second-order valence-corrected chi connectivity index (χ2v) is 7.93. The topological polar surface area (TPSA) is 41.1 Å². The van der Waals surface area contributed by atoms with Crippen LogP contribution in [0.25, 0.3) is 0 Å². The van der Waals surface area contributed by atoms with Crippen molar-refractivity contribution < 1.29 is 0 Å². The molecule has 0 fully saturated rings. The van der Waals surface area contributed by atoms with Crippen molar-refractivity contribution in [2.75, 3.05) is 16.8 Å². The van der Waals surface area contributed by atoms with Crippen LogP contribution >= 0.6 is 0 Å². The van der Waals surface area contributed by atoms with Gasteiger partial charge < -0.3 is 10.2 Å². The first kappa shape index (κ1) is 17.5. The van der Waals surface area contributed by atoms with Crippen molar-refractivity contribution in [2.24, 2.45) is 0 Å². The number of hydrogen-bond donors (Lipinski definition) is 1. The molecule has 0 unspecified atom stereocenters. The number of benzene rings is 2. The second kappa shape index (κ2) is 7.03. The molecule has 0 atom stereocenters. The zero-order chi connectivity index (χ0) is 18.9. The Morgan fingerprint density at radius 3 is 2.56 bits per heavy atom. The molecule has 4 heteroatoms. The summed E-state index contributed by atoms with van der Waals surface area (Å²) in [6, 6.07) is 21.2. The van der Waals surface area contributed by atoms with Crippen LogP contribution in [0.15, 0.2) is 60.7 Å². The highest BCUT2D eigenvalue weighted by molar-refractivity contribution is 5.50. The molecule has 138 valence electrons. The van der Waals surface area contributed by atoms with Crippen molar-refractivity contribution >= 4 is 11.8 Å². The fraction of sp³-hybridized carbons (Fsp3) is 0.304. The Morgan fingerprint density at radius 1 is 1.00 bits per heavy atom. The molecule has 0 aliphatic carbocycles. The molecule has 2 heterocycles. The Morgan fingerprint density at radius 2 is 1.74 bits per heavy atom. The third-order valence-electron chi connectivity index (χ3n) is 5.15. The minimum atomic E-state index is 0.0886. The molecule has 27 heavy (non-hydrogen) atoms. The lowest BCUT2D eigenvalue weighted by Gasteiger charge is -2.40. The molecule has 3 aromatic rings. The third kappa shape index (κ3) is 3.80. The van der Waals surface area contributed by atoms with Gasteiger partial charge in [-0.3, -0.25) is 0 Å². The maximum absolute atomic E-state index is 4.81. The molecular formula is C23H26N4. The summed E-state index contributed by atoms with van der Waals surface area (Å²) >= 11 is 0. The van der Waals surface area contributed by atoms with E-state index in [0.717, 1.165) is 31.1 Å². The van der Waals surface area contributed by atoms with Gasteiger partial charge in [0.15, 0.2) is 0 Å². The summed E-state index contributed by atoms with van der Waals surface area (Å²) in [5.74, 6) is 1.67. The van der Waals surface area contributed by atoms with E-state index in [0.29, 0.717) is 5.95 Å². The lowest BCUT2D eigenvalue weighted by molar-refractivity contribution is 0.474. The first-order valence-corrected chi connectivity index (χ1v) is 9.48. The van der Waals surface area contributed by atoms with Gasteiger partial charge in [0.2, 0.25) is 5.95 Å². The number of aryl methyl sites for hydroxylation is 1. The summed E-state index contributed by atoms with van der Waals surface area (Å²) in [4.78, 5) is 11.8. The van der Waals surface area contributed by atoms with Gasteiger partial charge in [-0.05, 0) is 23.6 Å². The molecule has 1 aliphatic heterocycles. The summed E-state index contributed by atoms with van der Waals surface area (Å²) < 4.78 is 0. The quantitative estimate of drug-likeness (QED) is 0.734. The smallest absolute Gasteiger partial charge is 0.225 e. The van der Waals surface area contributed by atoms with Crippen molar-refractivity contribution in [1.82, 2.24) is 9.97 Å². The van der Waals surface area contributed by atoms with Crippen LogP contribution in [-0.2, 0) is 18.5 Å². The fourth-order valence-electron chi connectivity index (χ4n) is 3.87. The lowest BCUT2D eigenvalue weighted by Crippen LogP contribution is -2.42. The number of hydrogen-bond acceptors (Lipinski definition) is 4. The van der Waals surface area contributed by atoms with Crippen LogP contribution < -0.4 is 10.2 Å². The third-order valence-corrected chi connectivity index (χ3v) is 5.15. The van der Waals surface area contributed by atoms with Gasteiger partial charge in [-0.15, -0.1) is 0 Å². The van der Waals surface area contributed by atoms with Crippen molar-refractivity contribution in [1.29, 1.82) is 0 Å². The zero-order valence-corrected chi connectivity index (χ0v) is 16.2. The SMILES string of the molecule is Cc1cc(N2Cc3ccccc3C(C)(C)C2)nc(NCc2ccccc2)n1. The highest BCUT2D eigenvalue weighted by Gasteiger charge is 2.32. The van der Waals surface area contributed by atoms with Gasteiger partial charge in [-0.1, -0.05) is 68.4 Å². The van der Waals surface area contributed by atoms with Crippen LogP contribution in [-0.4, -0.2) is 16.5 Å². The van der Waals surface area contributed by atoms with Crippen molar-refractivity contribution in [3.8, 4) is 0 Å². The number of fused-ring (bicyclic) bond motifs is 1. The molecule has 1 aromatic heterocycles. The minimum Gasteiger partial charge on any atom is -0.351 e.